The Bertz CT molecular complexity index is 629. The first-order valence-electron chi connectivity index (χ1n) is 6.02. The van der Waals surface area contributed by atoms with Crippen LogP contribution in [0.5, 0.6) is 11.5 Å². The van der Waals surface area contributed by atoms with Gasteiger partial charge in [-0.25, -0.2) is 4.98 Å². The van der Waals surface area contributed by atoms with Gasteiger partial charge in [-0.3, -0.25) is 4.79 Å². The molecule has 2 rings (SSSR count). The normalized spacial score (nSPS) is 10.2. The summed E-state index contributed by atoms with van der Waals surface area (Å²) in [4.78, 5) is 15.1. The Morgan fingerprint density at radius 1 is 1.25 bits per heavy atom. The highest BCUT2D eigenvalue weighted by atomic mass is 79.9. The van der Waals surface area contributed by atoms with Crippen molar-refractivity contribution in [2.75, 3.05) is 7.11 Å². The molecule has 5 heteroatoms. The van der Waals surface area contributed by atoms with Crippen molar-refractivity contribution in [2.45, 2.75) is 13.5 Å². The van der Waals surface area contributed by atoms with E-state index >= 15 is 0 Å². The average molecular weight is 336 g/mol. The minimum absolute atomic E-state index is 0.300. The number of halogens is 1. The zero-order chi connectivity index (χ0) is 14.5. The van der Waals surface area contributed by atoms with Crippen molar-refractivity contribution in [1.82, 2.24) is 4.98 Å². The summed E-state index contributed by atoms with van der Waals surface area (Å²) in [6, 6.07) is 9.22. The predicted molar refractivity (Wildman–Crippen MR) is 79.4 cm³/mol. The number of aromatic nitrogens is 1. The maximum absolute atomic E-state index is 11.0. The average Bonchev–Trinajstić information content (AvgIpc) is 2.46. The summed E-state index contributed by atoms with van der Waals surface area (Å²) in [7, 11) is 1.61. The van der Waals surface area contributed by atoms with Gasteiger partial charge in [0.25, 0.3) is 0 Å². The van der Waals surface area contributed by atoms with E-state index in [1.165, 1.54) is 0 Å². The molecule has 0 bridgehead atoms. The predicted octanol–water partition coefficient (Wildman–Crippen LogP) is 3.55. The van der Waals surface area contributed by atoms with Gasteiger partial charge in [0.2, 0.25) is 0 Å². The third-order valence-electron chi connectivity index (χ3n) is 2.76. The number of carbonyl (C=O) groups is 1. The lowest BCUT2D eigenvalue weighted by atomic mass is 10.2. The second kappa shape index (κ2) is 6.52. The number of nitrogens with zero attached hydrogens (tertiary/aromatic N) is 1. The SMILES string of the molecule is COc1ccc(Br)cc1COc1ccc(C)nc1C=O. The van der Waals surface area contributed by atoms with E-state index in [-0.39, 0.29) is 0 Å². The van der Waals surface area contributed by atoms with Gasteiger partial charge in [0.15, 0.2) is 6.29 Å². The van der Waals surface area contributed by atoms with Gasteiger partial charge in [-0.2, -0.15) is 0 Å². The number of ether oxygens (including phenoxy) is 2. The van der Waals surface area contributed by atoms with Gasteiger partial charge >= 0.3 is 0 Å². The number of aldehydes is 1. The second-order valence-corrected chi connectivity index (χ2v) is 5.11. The first kappa shape index (κ1) is 14.5. The van der Waals surface area contributed by atoms with Crippen LogP contribution in [0.2, 0.25) is 0 Å². The Morgan fingerprint density at radius 3 is 2.70 bits per heavy atom. The molecule has 0 fully saturated rings. The summed E-state index contributed by atoms with van der Waals surface area (Å²) < 4.78 is 11.9. The van der Waals surface area contributed by atoms with E-state index in [0.29, 0.717) is 24.3 Å². The number of pyridine rings is 1. The number of rotatable bonds is 5. The summed E-state index contributed by atoms with van der Waals surface area (Å²) in [5.41, 5.74) is 1.97. The van der Waals surface area contributed by atoms with E-state index in [1.807, 2.05) is 25.1 Å². The molecule has 1 heterocycles. The summed E-state index contributed by atoms with van der Waals surface area (Å²) in [6.45, 7) is 2.13. The van der Waals surface area contributed by atoms with E-state index in [0.717, 1.165) is 21.5 Å². The third-order valence-corrected chi connectivity index (χ3v) is 3.26. The number of carbonyl (C=O) groups excluding carboxylic acids is 1. The zero-order valence-electron chi connectivity index (χ0n) is 11.2. The summed E-state index contributed by atoms with van der Waals surface area (Å²) >= 11 is 3.41. The molecule has 1 aromatic carbocycles. The molecule has 0 radical (unpaired) electrons. The lowest BCUT2D eigenvalue weighted by molar-refractivity contribution is 0.111. The molecule has 0 saturated heterocycles. The van der Waals surface area contributed by atoms with E-state index in [9.17, 15) is 4.79 Å². The summed E-state index contributed by atoms with van der Waals surface area (Å²) in [6.07, 6.45) is 0.695. The highest BCUT2D eigenvalue weighted by Gasteiger charge is 2.08. The second-order valence-electron chi connectivity index (χ2n) is 4.20. The number of hydrogen-bond acceptors (Lipinski definition) is 4. The Hall–Kier alpha value is -1.88. The number of methoxy groups -OCH3 is 1. The van der Waals surface area contributed by atoms with Crippen LogP contribution in [0, 0.1) is 6.92 Å². The largest absolute Gasteiger partial charge is 0.496 e. The van der Waals surface area contributed by atoms with Crippen molar-refractivity contribution in [2.24, 2.45) is 0 Å². The molecule has 104 valence electrons. The fourth-order valence-electron chi connectivity index (χ4n) is 1.79. The van der Waals surface area contributed by atoms with E-state index < -0.39 is 0 Å². The maximum atomic E-state index is 11.0. The van der Waals surface area contributed by atoms with Gasteiger partial charge < -0.3 is 9.47 Å². The van der Waals surface area contributed by atoms with E-state index in [2.05, 4.69) is 20.9 Å². The molecular weight excluding hydrogens is 322 g/mol. The van der Waals surface area contributed by atoms with E-state index in [4.69, 9.17) is 9.47 Å². The fraction of sp³-hybridized carbons (Fsp3) is 0.200. The molecule has 0 amide bonds. The fourth-order valence-corrected chi connectivity index (χ4v) is 2.19. The van der Waals surface area contributed by atoms with Crippen LogP contribution in [0.4, 0.5) is 0 Å². The molecule has 20 heavy (non-hydrogen) atoms. The first-order chi connectivity index (χ1) is 9.63. The van der Waals surface area contributed by atoms with Crippen molar-refractivity contribution >= 4 is 22.2 Å². The monoisotopic (exact) mass is 335 g/mol. The molecule has 0 spiro atoms. The van der Waals surface area contributed by atoms with E-state index in [1.54, 1.807) is 19.2 Å². The van der Waals surface area contributed by atoms with Crippen LogP contribution in [-0.2, 0) is 6.61 Å². The number of hydrogen-bond donors (Lipinski definition) is 0. The van der Waals surface area contributed by atoms with Crippen molar-refractivity contribution in [1.29, 1.82) is 0 Å². The van der Waals surface area contributed by atoms with Crippen LogP contribution in [0.25, 0.3) is 0 Å². The number of benzene rings is 1. The van der Waals surface area contributed by atoms with Crippen molar-refractivity contribution in [3.63, 3.8) is 0 Å². The molecule has 0 atom stereocenters. The Labute approximate surface area is 125 Å². The lowest BCUT2D eigenvalue weighted by Crippen LogP contribution is -2.02. The van der Waals surface area contributed by atoms with Crippen LogP contribution in [0.1, 0.15) is 21.7 Å². The quantitative estimate of drug-likeness (QED) is 0.784. The van der Waals surface area contributed by atoms with Gasteiger partial charge in [0.1, 0.15) is 23.8 Å². The topological polar surface area (TPSA) is 48.4 Å². The van der Waals surface area contributed by atoms with Crippen LogP contribution in [0.3, 0.4) is 0 Å². The maximum Gasteiger partial charge on any atom is 0.172 e. The van der Waals surface area contributed by atoms with Crippen LogP contribution in [-0.4, -0.2) is 18.4 Å². The van der Waals surface area contributed by atoms with Crippen LogP contribution in [0.15, 0.2) is 34.8 Å². The molecule has 0 saturated carbocycles. The molecule has 4 nitrogen and oxygen atoms in total. The molecule has 0 N–H and O–H groups in total. The molecule has 0 aliphatic carbocycles. The van der Waals surface area contributed by atoms with Crippen molar-refractivity contribution < 1.29 is 14.3 Å². The standard InChI is InChI=1S/C15H14BrNO3/c1-10-3-5-15(13(8-18)17-10)20-9-11-7-12(16)4-6-14(11)19-2/h3-8H,9H2,1-2H3. The number of aryl methyl sites for hydroxylation is 1. The van der Waals surface area contributed by atoms with Crippen LogP contribution >= 0.6 is 15.9 Å². The molecule has 0 aliphatic heterocycles. The summed E-state index contributed by atoms with van der Waals surface area (Å²) in [5.74, 6) is 1.20. The summed E-state index contributed by atoms with van der Waals surface area (Å²) in [5, 5.41) is 0. The molecule has 2 aromatic rings. The Balaban J connectivity index is 2.20. The van der Waals surface area contributed by atoms with Gasteiger partial charge in [-0.1, -0.05) is 15.9 Å². The minimum Gasteiger partial charge on any atom is -0.496 e. The molecule has 0 unspecified atom stereocenters. The van der Waals surface area contributed by atoms with Crippen LogP contribution < -0.4 is 9.47 Å². The lowest BCUT2D eigenvalue weighted by Gasteiger charge is -2.11. The molecule has 1 aromatic heterocycles. The zero-order valence-corrected chi connectivity index (χ0v) is 12.8. The van der Waals surface area contributed by atoms with Crippen molar-refractivity contribution in [3.8, 4) is 11.5 Å². The highest BCUT2D eigenvalue weighted by molar-refractivity contribution is 9.10. The minimum atomic E-state index is 0.300. The smallest absolute Gasteiger partial charge is 0.172 e. The highest BCUT2D eigenvalue weighted by Crippen LogP contribution is 2.25. The molecule has 0 aliphatic rings. The van der Waals surface area contributed by atoms with Gasteiger partial charge in [0, 0.05) is 15.7 Å². The molecular formula is C15H14BrNO3. The van der Waals surface area contributed by atoms with Gasteiger partial charge in [0.05, 0.1) is 7.11 Å². The van der Waals surface area contributed by atoms with Gasteiger partial charge in [-0.15, -0.1) is 0 Å². The Morgan fingerprint density at radius 2 is 2.00 bits per heavy atom. The first-order valence-corrected chi connectivity index (χ1v) is 6.81. The Kier molecular flexibility index (Phi) is 4.74. The third kappa shape index (κ3) is 3.36. The van der Waals surface area contributed by atoms with Gasteiger partial charge in [-0.05, 0) is 37.3 Å². The van der Waals surface area contributed by atoms with Crippen molar-refractivity contribution in [3.05, 3.63) is 51.8 Å².